The fourth-order valence-corrected chi connectivity index (χ4v) is 2.59. The van der Waals surface area contributed by atoms with Crippen LogP contribution < -0.4 is 10.6 Å². The average Bonchev–Trinajstić information content (AvgIpc) is 2.60. The van der Waals surface area contributed by atoms with Crippen LogP contribution in [0.15, 0.2) is 54.6 Å². The lowest BCUT2D eigenvalue weighted by atomic mass is 10.0. The van der Waals surface area contributed by atoms with Gasteiger partial charge in [0, 0.05) is 12.1 Å². The van der Waals surface area contributed by atoms with Crippen molar-refractivity contribution >= 4 is 11.6 Å². The molecule has 1 amide bonds. The van der Waals surface area contributed by atoms with Crippen LogP contribution in [0.5, 0.6) is 0 Å². The third-order valence-corrected chi connectivity index (χ3v) is 3.86. The van der Waals surface area contributed by atoms with Crippen molar-refractivity contribution in [2.45, 2.75) is 32.8 Å². The zero-order valence-corrected chi connectivity index (χ0v) is 15.2. The summed E-state index contributed by atoms with van der Waals surface area (Å²) in [6.45, 7) is 6.14. The highest BCUT2D eigenvalue weighted by Crippen LogP contribution is 2.18. The number of benzene rings is 2. The van der Waals surface area contributed by atoms with Crippen LogP contribution in [0.4, 0.5) is 5.69 Å². The molecule has 2 aromatic rings. The van der Waals surface area contributed by atoms with Crippen LogP contribution in [-0.2, 0) is 16.0 Å². The van der Waals surface area contributed by atoms with Crippen LogP contribution in [0.3, 0.4) is 0 Å². The summed E-state index contributed by atoms with van der Waals surface area (Å²) in [4.78, 5) is 12.2. The Hall–Kier alpha value is -2.17. The number of hydrogen-bond acceptors (Lipinski definition) is 2. The third kappa shape index (κ3) is 7.50. The second kappa shape index (κ2) is 10.6. The summed E-state index contributed by atoms with van der Waals surface area (Å²) in [6, 6.07) is 18.3. The highest BCUT2D eigenvalue weighted by atomic mass is 16.5. The van der Waals surface area contributed by atoms with Crippen LogP contribution in [0, 0.1) is 0 Å². The van der Waals surface area contributed by atoms with E-state index in [1.165, 1.54) is 5.56 Å². The van der Waals surface area contributed by atoms with E-state index in [1.807, 2.05) is 55.6 Å². The van der Waals surface area contributed by atoms with Gasteiger partial charge in [0.25, 0.3) is 5.91 Å². The Morgan fingerprint density at radius 2 is 1.80 bits per heavy atom. The van der Waals surface area contributed by atoms with Crippen molar-refractivity contribution < 1.29 is 14.8 Å². The molecule has 0 saturated carbocycles. The molecule has 2 aromatic carbocycles. The number of ether oxygens (including phenoxy) is 1. The van der Waals surface area contributed by atoms with E-state index < -0.39 is 0 Å². The average molecular weight is 341 g/mol. The molecule has 0 heterocycles. The molecular weight excluding hydrogens is 312 g/mol. The number of nitrogens with one attached hydrogen (secondary N) is 1. The molecule has 134 valence electrons. The minimum absolute atomic E-state index is 0.0327. The van der Waals surface area contributed by atoms with E-state index in [2.05, 4.69) is 23.5 Å². The van der Waals surface area contributed by atoms with Gasteiger partial charge in [-0.1, -0.05) is 48.5 Å². The second-order valence-corrected chi connectivity index (χ2v) is 6.42. The normalized spacial score (nSPS) is 10.8. The van der Waals surface area contributed by atoms with Crippen molar-refractivity contribution in [3.05, 3.63) is 65.7 Å². The van der Waals surface area contributed by atoms with Crippen LogP contribution in [-0.4, -0.2) is 31.7 Å². The molecule has 0 radical (unpaired) electrons. The van der Waals surface area contributed by atoms with E-state index >= 15 is 0 Å². The Morgan fingerprint density at radius 1 is 1.08 bits per heavy atom. The number of hydrogen-bond donors (Lipinski definition) is 2. The van der Waals surface area contributed by atoms with Gasteiger partial charge in [0.1, 0.15) is 0 Å². The molecule has 3 N–H and O–H groups in total. The van der Waals surface area contributed by atoms with Crippen molar-refractivity contribution in [3.8, 4) is 0 Å². The molecule has 0 bridgehead atoms. The molecule has 0 fully saturated rings. The van der Waals surface area contributed by atoms with Gasteiger partial charge in [0.2, 0.25) is 0 Å². The summed E-state index contributed by atoms with van der Waals surface area (Å²) < 4.78 is 5.50. The number of carbonyl (C=O) groups excluding carboxylic acids is 1. The number of carbonyl (C=O) groups is 1. The Labute approximate surface area is 150 Å². The van der Waals surface area contributed by atoms with Crippen molar-refractivity contribution in [1.29, 1.82) is 0 Å². The standard InChI is InChI=1S/C21H28N2O2/c1-17(2)25-14-8-13-22-16-21(24)23-20-12-7-6-11-19(20)15-18-9-4-3-5-10-18/h3-7,9-12,17,22H,8,13-16H2,1-2H3,(H,23,24)/p+1. The largest absolute Gasteiger partial charge is 0.379 e. The maximum absolute atomic E-state index is 12.2. The first-order valence-corrected chi connectivity index (χ1v) is 9.00. The van der Waals surface area contributed by atoms with E-state index in [1.54, 1.807) is 0 Å². The number of nitrogens with two attached hydrogens (primary N) is 1. The monoisotopic (exact) mass is 341 g/mol. The van der Waals surface area contributed by atoms with Gasteiger partial charge in [-0.15, -0.1) is 0 Å². The first-order valence-electron chi connectivity index (χ1n) is 9.00. The highest BCUT2D eigenvalue weighted by molar-refractivity contribution is 5.92. The predicted octanol–water partition coefficient (Wildman–Crippen LogP) is 2.59. The zero-order valence-electron chi connectivity index (χ0n) is 15.2. The molecule has 2 rings (SSSR count). The number of para-hydroxylation sites is 1. The lowest BCUT2D eigenvalue weighted by Gasteiger charge is -2.11. The fraction of sp³-hybridized carbons (Fsp3) is 0.381. The summed E-state index contributed by atoms with van der Waals surface area (Å²) in [6.07, 6.45) is 2.04. The molecule has 0 aliphatic carbocycles. The number of quaternary nitrogens is 1. The maximum Gasteiger partial charge on any atom is 0.279 e. The summed E-state index contributed by atoms with van der Waals surface area (Å²) in [7, 11) is 0. The molecule has 4 heteroatoms. The van der Waals surface area contributed by atoms with Crippen LogP contribution in [0.1, 0.15) is 31.4 Å². The van der Waals surface area contributed by atoms with E-state index in [4.69, 9.17) is 4.74 Å². The maximum atomic E-state index is 12.2. The fourth-order valence-electron chi connectivity index (χ4n) is 2.59. The van der Waals surface area contributed by atoms with Gasteiger partial charge in [0.15, 0.2) is 6.54 Å². The lowest BCUT2D eigenvalue weighted by molar-refractivity contribution is -0.644. The van der Waals surface area contributed by atoms with Crippen molar-refractivity contribution in [1.82, 2.24) is 0 Å². The van der Waals surface area contributed by atoms with Gasteiger partial charge in [0.05, 0.1) is 19.3 Å². The molecule has 0 saturated heterocycles. The number of amides is 1. The Morgan fingerprint density at radius 3 is 2.56 bits per heavy atom. The van der Waals surface area contributed by atoms with Gasteiger partial charge in [-0.25, -0.2) is 0 Å². The number of anilines is 1. The molecular formula is C21H29N2O2+. The molecule has 4 nitrogen and oxygen atoms in total. The SMILES string of the molecule is CC(C)OCCC[NH2+]CC(=O)Nc1ccccc1Cc1ccccc1. The topological polar surface area (TPSA) is 54.9 Å². The summed E-state index contributed by atoms with van der Waals surface area (Å²) >= 11 is 0. The van der Waals surface area contributed by atoms with E-state index in [0.29, 0.717) is 6.54 Å². The molecule has 0 spiro atoms. The zero-order chi connectivity index (χ0) is 17.9. The quantitative estimate of drug-likeness (QED) is 0.653. The Bertz CT molecular complexity index is 641. The molecule has 0 unspecified atom stereocenters. The van der Waals surface area contributed by atoms with Gasteiger partial charge in [-0.05, 0) is 37.5 Å². The molecule has 0 aliphatic heterocycles. The number of rotatable bonds is 10. The predicted molar refractivity (Wildman–Crippen MR) is 102 cm³/mol. The summed E-state index contributed by atoms with van der Waals surface area (Å²) in [5, 5.41) is 5.07. The summed E-state index contributed by atoms with van der Waals surface area (Å²) in [5.41, 5.74) is 3.26. The molecule has 0 atom stereocenters. The van der Waals surface area contributed by atoms with Crippen LogP contribution in [0.2, 0.25) is 0 Å². The third-order valence-electron chi connectivity index (χ3n) is 3.86. The summed E-state index contributed by atoms with van der Waals surface area (Å²) in [5.74, 6) is 0.0327. The van der Waals surface area contributed by atoms with E-state index in [0.717, 1.165) is 37.2 Å². The van der Waals surface area contributed by atoms with E-state index in [9.17, 15) is 4.79 Å². The van der Waals surface area contributed by atoms with Gasteiger partial charge in [-0.2, -0.15) is 0 Å². The molecule has 0 aromatic heterocycles. The molecule has 25 heavy (non-hydrogen) atoms. The van der Waals surface area contributed by atoms with Crippen molar-refractivity contribution in [3.63, 3.8) is 0 Å². The van der Waals surface area contributed by atoms with E-state index in [-0.39, 0.29) is 12.0 Å². The lowest BCUT2D eigenvalue weighted by Crippen LogP contribution is -2.86. The van der Waals surface area contributed by atoms with Crippen molar-refractivity contribution in [2.24, 2.45) is 0 Å². The minimum atomic E-state index is 0.0327. The Kier molecular flexibility index (Phi) is 8.16. The van der Waals surface area contributed by atoms with Gasteiger partial charge in [-0.3, -0.25) is 4.79 Å². The van der Waals surface area contributed by atoms with Crippen LogP contribution >= 0.6 is 0 Å². The highest BCUT2D eigenvalue weighted by Gasteiger charge is 2.08. The van der Waals surface area contributed by atoms with Crippen LogP contribution in [0.25, 0.3) is 0 Å². The Balaban J connectivity index is 1.79. The minimum Gasteiger partial charge on any atom is -0.379 e. The van der Waals surface area contributed by atoms with Gasteiger partial charge < -0.3 is 15.4 Å². The first-order chi connectivity index (χ1) is 12.1. The van der Waals surface area contributed by atoms with Gasteiger partial charge >= 0.3 is 0 Å². The first kappa shape index (κ1) is 19.2. The second-order valence-electron chi connectivity index (χ2n) is 6.42. The van der Waals surface area contributed by atoms with Crippen molar-refractivity contribution in [2.75, 3.05) is 25.0 Å². The smallest absolute Gasteiger partial charge is 0.279 e. The molecule has 0 aliphatic rings.